The number of hydrogen-bond donors (Lipinski definition) is 2. The molecule has 0 radical (unpaired) electrons. The second-order valence-electron chi connectivity index (χ2n) is 6.39. The van der Waals surface area contributed by atoms with Crippen LogP contribution in [0.25, 0.3) is 10.1 Å². The lowest BCUT2D eigenvalue weighted by Gasteiger charge is -2.31. The second kappa shape index (κ2) is 7.49. The van der Waals surface area contributed by atoms with Crippen molar-refractivity contribution in [1.82, 2.24) is 15.5 Å². The molecule has 5 nitrogen and oxygen atoms in total. The number of halogens is 1. The molecule has 1 aromatic heterocycles. The van der Waals surface area contributed by atoms with E-state index in [0.29, 0.717) is 11.4 Å². The van der Waals surface area contributed by atoms with Crippen LogP contribution in [0.4, 0.5) is 4.39 Å². The van der Waals surface area contributed by atoms with E-state index in [1.165, 1.54) is 23.5 Å². The van der Waals surface area contributed by atoms with Crippen molar-refractivity contribution in [2.75, 3.05) is 26.7 Å². The molecular weight excluding hydrogens is 341 g/mol. The largest absolute Gasteiger partial charge is 0.358 e. The minimum atomic E-state index is -0.288. The van der Waals surface area contributed by atoms with Crippen molar-refractivity contribution in [3.63, 3.8) is 0 Å². The van der Waals surface area contributed by atoms with Crippen LogP contribution in [0.5, 0.6) is 0 Å². The molecule has 1 fully saturated rings. The summed E-state index contributed by atoms with van der Waals surface area (Å²) < 4.78 is 14.3. The Balaban J connectivity index is 1.62. The van der Waals surface area contributed by atoms with Crippen LogP contribution in [-0.2, 0) is 4.79 Å². The third-order valence-electron chi connectivity index (χ3n) is 4.67. The number of thiophene rings is 1. The Morgan fingerprint density at radius 2 is 2.04 bits per heavy atom. The first kappa shape index (κ1) is 17.8. The maximum atomic E-state index is 13.4. The second-order valence-corrected chi connectivity index (χ2v) is 7.45. The lowest BCUT2D eigenvalue weighted by atomic mass is 10.0. The SMILES string of the molecule is CNC(=O)CN1CCC(NC(=O)c2sc3ccc(F)cc3c2C)CC1. The molecular formula is C18H22FN3O2S. The van der Waals surface area contributed by atoms with Gasteiger partial charge >= 0.3 is 0 Å². The molecule has 1 aliphatic heterocycles. The Bertz CT molecular complexity index is 797. The Hall–Kier alpha value is -1.99. The first-order valence-corrected chi connectivity index (χ1v) is 9.22. The van der Waals surface area contributed by atoms with Crippen molar-refractivity contribution in [2.45, 2.75) is 25.8 Å². The third-order valence-corrected chi connectivity index (χ3v) is 5.94. The van der Waals surface area contributed by atoms with Gasteiger partial charge in [-0.2, -0.15) is 0 Å². The molecule has 0 spiro atoms. The molecule has 2 N–H and O–H groups in total. The number of piperidine rings is 1. The number of likely N-dealkylation sites (N-methyl/N-ethyl adjacent to an activating group) is 1. The molecule has 134 valence electrons. The van der Waals surface area contributed by atoms with E-state index >= 15 is 0 Å². The predicted molar refractivity (Wildman–Crippen MR) is 97.5 cm³/mol. The van der Waals surface area contributed by atoms with Gasteiger partial charge in [0.1, 0.15) is 5.82 Å². The van der Waals surface area contributed by atoms with Gasteiger partial charge in [0, 0.05) is 30.9 Å². The Kier molecular flexibility index (Phi) is 5.34. The number of rotatable bonds is 4. The van der Waals surface area contributed by atoms with Gasteiger partial charge in [-0.1, -0.05) is 0 Å². The first-order valence-electron chi connectivity index (χ1n) is 8.40. The number of benzene rings is 1. The van der Waals surface area contributed by atoms with Gasteiger partial charge < -0.3 is 10.6 Å². The van der Waals surface area contributed by atoms with Gasteiger partial charge in [-0.3, -0.25) is 14.5 Å². The average molecular weight is 363 g/mol. The molecule has 0 bridgehead atoms. The highest BCUT2D eigenvalue weighted by Crippen LogP contribution is 2.31. The van der Waals surface area contributed by atoms with Crippen LogP contribution in [0.15, 0.2) is 18.2 Å². The molecule has 2 aromatic rings. The van der Waals surface area contributed by atoms with Gasteiger partial charge in [0.05, 0.1) is 11.4 Å². The van der Waals surface area contributed by atoms with Crippen molar-refractivity contribution in [3.8, 4) is 0 Å². The standard InChI is InChI=1S/C18H22FN3O2S/c1-11-14-9-12(19)3-4-15(14)25-17(11)18(24)21-13-5-7-22(8-6-13)10-16(23)20-2/h3-4,9,13H,5-8,10H2,1-2H3,(H,20,23)(H,21,24). The smallest absolute Gasteiger partial charge is 0.261 e. The fourth-order valence-corrected chi connectivity index (χ4v) is 4.27. The van der Waals surface area contributed by atoms with Gasteiger partial charge in [-0.05, 0) is 48.9 Å². The van der Waals surface area contributed by atoms with Crippen LogP contribution >= 0.6 is 11.3 Å². The van der Waals surface area contributed by atoms with Gasteiger partial charge in [0.15, 0.2) is 0 Å². The molecule has 3 rings (SSSR count). The Labute approximate surface area is 150 Å². The number of nitrogens with zero attached hydrogens (tertiary/aromatic N) is 1. The van der Waals surface area contributed by atoms with E-state index in [1.807, 2.05) is 6.92 Å². The van der Waals surface area contributed by atoms with E-state index in [0.717, 1.165) is 41.6 Å². The Morgan fingerprint density at radius 3 is 2.72 bits per heavy atom. The highest BCUT2D eigenvalue weighted by Gasteiger charge is 2.24. The maximum absolute atomic E-state index is 13.4. The van der Waals surface area contributed by atoms with Crippen LogP contribution in [0.3, 0.4) is 0 Å². The molecule has 0 saturated carbocycles. The van der Waals surface area contributed by atoms with Gasteiger partial charge in [-0.15, -0.1) is 11.3 Å². The summed E-state index contributed by atoms with van der Waals surface area (Å²) in [4.78, 5) is 26.8. The first-order chi connectivity index (χ1) is 12.0. The van der Waals surface area contributed by atoms with E-state index < -0.39 is 0 Å². The normalized spacial score (nSPS) is 16.1. The zero-order valence-corrected chi connectivity index (χ0v) is 15.2. The number of nitrogens with one attached hydrogen (secondary N) is 2. The fraction of sp³-hybridized carbons (Fsp3) is 0.444. The number of carbonyl (C=O) groups excluding carboxylic acids is 2. The minimum Gasteiger partial charge on any atom is -0.358 e. The summed E-state index contributed by atoms with van der Waals surface area (Å²) in [5.74, 6) is -0.372. The van der Waals surface area contributed by atoms with Crippen LogP contribution in [0, 0.1) is 12.7 Å². The Morgan fingerprint density at radius 1 is 1.32 bits per heavy atom. The van der Waals surface area contributed by atoms with Gasteiger partial charge in [0.25, 0.3) is 5.91 Å². The van der Waals surface area contributed by atoms with E-state index in [1.54, 1.807) is 13.1 Å². The maximum Gasteiger partial charge on any atom is 0.261 e. The van der Waals surface area contributed by atoms with Crippen molar-refractivity contribution >= 4 is 33.2 Å². The predicted octanol–water partition coefficient (Wildman–Crippen LogP) is 2.29. The summed E-state index contributed by atoms with van der Waals surface area (Å²) >= 11 is 1.40. The van der Waals surface area contributed by atoms with E-state index in [4.69, 9.17) is 0 Å². The van der Waals surface area contributed by atoms with Crippen LogP contribution in [-0.4, -0.2) is 49.4 Å². The number of likely N-dealkylation sites (tertiary alicyclic amines) is 1. The van der Waals surface area contributed by atoms with Crippen molar-refractivity contribution in [1.29, 1.82) is 0 Å². The average Bonchev–Trinajstić information content (AvgIpc) is 2.93. The van der Waals surface area contributed by atoms with E-state index in [-0.39, 0.29) is 23.7 Å². The number of amides is 2. The molecule has 25 heavy (non-hydrogen) atoms. The molecule has 7 heteroatoms. The quantitative estimate of drug-likeness (QED) is 0.876. The number of aryl methyl sites for hydroxylation is 1. The van der Waals surface area contributed by atoms with Crippen molar-refractivity contribution in [2.24, 2.45) is 0 Å². The number of carbonyl (C=O) groups is 2. The molecule has 2 heterocycles. The lowest BCUT2D eigenvalue weighted by Crippen LogP contribution is -2.47. The summed E-state index contributed by atoms with van der Waals surface area (Å²) in [6, 6.07) is 4.73. The highest BCUT2D eigenvalue weighted by atomic mass is 32.1. The highest BCUT2D eigenvalue weighted by molar-refractivity contribution is 7.21. The molecule has 1 saturated heterocycles. The fourth-order valence-electron chi connectivity index (χ4n) is 3.18. The van der Waals surface area contributed by atoms with Gasteiger partial charge in [0.2, 0.25) is 5.91 Å². The summed E-state index contributed by atoms with van der Waals surface area (Å²) in [6.45, 7) is 3.83. The van der Waals surface area contributed by atoms with Crippen molar-refractivity contribution < 1.29 is 14.0 Å². The molecule has 0 atom stereocenters. The van der Waals surface area contributed by atoms with Crippen LogP contribution < -0.4 is 10.6 Å². The van der Waals surface area contributed by atoms with Crippen LogP contribution in [0.2, 0.25) is 0 Å². The monoisotopic (exact) mass is 363 g/mol. The zero-order valence-electron chi connectivity index (χ0n) is 14.4. The van der Waals surface area contributed by atoms with Crippen molar-refractivity contribution in [3.05, 3.63) is 34.5 Å². The third kappa shape index (κ3) is 3.99. The molecule has 2 amide bonds. The molecule has 1 aliphatic rings. The van der Waals surface area contributed by atoms with E-state index in [9.17, 15) is 14.0 Å². The number of hydrogen-bond acceptors (Lipinski definition) is 4. The number of fused-ring (bicyclic) bond motifs is 1. The summed E-state index contributed by atoms with van der Waals surface area (Å²) in [6.07, 6.45) is 1.64. The topological polar surface area (TPSA) is 61.4 Å². The summed E-state index contributed by atoms with van der Waals surface area (Å²) in [5, 5.41) is 6.52. The van der Waals surface area contributed by atoms with E-state index in [2.05, 4.69) is 15.5 Å². The zero-order chi connectivity index (χ0) is 18.0. The van der Waals surface area contributed by atoms with Gasteiger partial charge in [-0.25, -0.2) is 4.39 Å². The summed E-state index contributed by atoms with van der Waals surface area (Å²) in [5.41, 5.74) is 0.828. The lowest BCUT2D eigenvalue weighted by molar-refractivity contribution is -0.122. The molecule has 0 aliphatic carbocycles. The molecule has 0 unspecified atom stereocenters. The molecule has 1 aromatic carbocycles. The summed E-state index contributed by atoms with van der Waals surface area (Å²) in [7, 11) is 1.63. The van der Waals surface area contributed by atoms with Crippen LogP contribution in [0.1, 0.15) is 28.1 Å². The minimum absolute atomic E-state index is 0.00983.